The maximum atomic E-state index is 10.9. The Morgan fingerprint density at radius 2 is 1.85 bits per heavy atom. The van der Waals surface area contributed by atoms with Crippen molar-refractivity contribution >= 4 is 5.97 Å². The van der Waals surface area contributed by atoms with Crippen LogP contribution in [0.2, 0.25) is 0 Å². The molecule has 0 atom stereocenters. The lowest BCUT2D eigenvalue weighted by Gasteiger charge is -2.08. The molecule has 0 aliphatic rings. The second kappa shape index (κ2) is 5.89. The predicted octanol–water partition coefficient (Wildman–Crippen LogP) is 3.55. The first-order valence-corrected chi connectivity index (χ1v) is 6.08. The Bertz CT molecular complexity index is 669. The molecule has 0 spiro atoms. The van der Waals surface area contributed by atoms with Gasteiger partial charge in [-0.2, -0.15) is 5.26 Å². The van der Waals surface area contributed by atoms with E-state index in [1.54, 1.807) is 31.2 Å². The Labute approximate surface area is 116 Å². The second-order valence-corrected chi connectivity index (χ2v) is 4.36. The summed E-state index contributed by atoms with van der Waals surface area (Å²) in [5.41, 5.74) is 1.84. The van der Waals surface area contributed by atoms with Gasteiger partial charge in [-0.1, -0.05) is 12.1 Å². The molecule has 0 saturated heterocycles. The molecule has 0 bridgehead atoms. The topological polar surface area (TPSA) is 70.3 Å². The zero-order valence-electron chi connectivity index (χ0n) is 11.0. The van der Waals surface area contributed by atoms with E-state index in [1.165, 1.54) is 6.07 Å². The van der Waals surface area contributed by atoms with E-state index in [2.05, 4.69) is 6.07 Å². The van der Waals surface area contributed by atoms with E-state index in [1.807, 2.05) is 12.1 Å². The van der Waals surface area contributed by atoms with Crippen LogP contribution in [-0.4, -0.2) is 11.1 Å². The molecule has 0 heterocycles. The Morgan fingerprint density at radius 3 is 2.40 bits per heavy atom. The fraction of sp³-hybridized carbons (Fsp3) is 0.125. The number of ether oxygens (including phenoxy) is 1. The monoisotopic (exact) mass is 267 g/mol. The van der Waals surface area contributed by atoms with Gasteiger partial charge in [0.05, 0.1) is 18.1 Å². The molecule has 2 rings (SSSR count). The van der Waals surface area contributed by atoms with Crippen LogP contribution in [0.15, 0.2) is 42.5 Å². The predicted molar refractivity (Wildman–Crippen MR) is 74.0 cm³/mol. The van der Waals surface area contributed by atoms with E-state index in [0.717, 1.165) is 5.56 Å². The zero-order chi connectivity index (χ0) is 14.5. The molecule has 4 nitrogen and oxygen atoms in total. The fourth-order valence-corrected chi connectivity index (χ4v) is 1.84. The molecule has 0 unspecified atom stereocenters. The van der Waals surface area contributed by atoms with Crippen LogP contribution in [-0.2, 0) is 6.42 Å². The van der Waals surface area contributed by atoms with Crippen molar-refractivity contribution in [1.82, 2.24) is 0 Å². The number of carboxylic acids is 1. The van der Waals surface area contributed by atoms with Gasteiger partial charge < -0.3 is 9.84 Å². The number of rotatable bonds is 4. The summed E-state index contributed by atoms with van der Waals surface area (Å²) in [5, 5.41) is 17.6. The smallest absolute Gasteiger partial charge is 0.335 e. The summed E-state index contributed by atoms with van der Waals surface area (Å²) in [7, 11) is 0. The summed E-state index contributed by atoms with van der Waals surface area (Å²) in [6.07, 6.45) is 0.368. The Kier molecular flexibility index (Phi) is 4.02. The van der Waals surface area contributed by atoms with Gasteiger partial charge in [0.2, 0.25) is 0 Å². The van der Waals surface area contributed by atoms with Gasteiger partial charge in [-0.3, -0.25) is 0 Å². The van der Waals surface area contributed by atoms with Crippen molar-refractivity contribution in [2.24, 2.45) is 0 Å². The number of nitrogens with zero attached hydrogens (tertiary/aromatic N) is 1. The summed E-state index contributed by atoms with van der Waals surface area (Å²) in [6, 6.07) is 14.1. The molecule has 0 aliphatic heterocycles. The van der Waals surface area contributed by atoms with E-state index in [4.69, 9.17) is 15.1 Å². The molecule has 2 aromatic carbocycles. The zero-order valence-corrected chi connectivity index (χ0v) is 11.0. The number of aryl methyl sites for hydroxylation is 1. The molecule has 1 N–H and O–H groups in total. The molecule has 4 heteroatoms. The molecule has 0 amide bonds. The van der Waals surface area contributed by atoms with Crippen molar-refractivity contribution in [3.8, 4) is 17.6 Å². The lowest BCUT2D eigenvalue weighted by molar-refractivity contribution is 0.0696. The van der Waals surface area contributed by atoms with Gasteiger partial charge in [0.25, 0.3) is 0 Å². The molecule has 0 radical (unpaired) electrons. The first-order chi connectivity index (χ1) is 9.60. The summed E-state index contributed by atoms with van der Waals surface area (Å²) in [4.78, 5) is 10.9. The molecule has 100 valence electrons. The Hall–Kier alpha value is -2.80. The standard InChI is InChI=1S/C16H13NO3/c1-11-10-14(6-7-15(11)16(18)19)20-13-4-2-12(3-5-13)8-9-17/h2-7,10H,8H2,1H3,(H,18,19). The number of carbonyl (C=O) groups is 1. The average molecular weight is 267 g/mol. The van der Waals surface area contributed by atoms with Gasteiger partial charge in [0.15, 0.2) is 0 Å². The largest absolute Gasteiger partial charge is 0.478 e. The second-order valence-electron chi connectivity index (χ2n) is 4.36. The van der Waals surface area contributed by atoms with Crippen LogP contribution in [0.1, 0.15) is 21.5 Å². The highest BCUT2D eigenvalue weighted by molar-refractivity contribution is 5.89. The summed E-state index contributed by atoms with van der Waals surface area (Å²) < 4.78 is 5.65. The molecule has 0 saturated carbocycles. The van der Waals surface area contributed by atoms with Crippen LogP contribution >= 0.6 is 0 Å². The minimum absolute atomic E-state index is 0.265. The summed E-state index contributed by atoms with van der Waals surface area (Å²) in [6.45, 7) is 1.73. The van der Waals surface area contributed by atoms with E-state index in [-0.39, 0.29) is 5.56 Å². The third kappa shape index (κ3) is 3.15. The van der Waals surface area contributed by atoms with Crippen molar-refractivity contribution in [3.63, 3.8) is 0 Å². The number of hydrogen-bond donors (Lipinski definition) is 1. The number of carboxylic acid groups (broad SMARTS) is 1. The van der Waals surface area contributed by atoms with Gasteiger partial charge in [0.1, 0.15) is 11.5 Å². The minimum atomic E-state index is -0.949. The number of aromatic carboxylic acids is 1. The molecule has 0 aromatic heterocycles. The van der Waals surface area contributed by atoms with Crippen molar-refractivity contribution in [2.45, 2.75) is 13.3 Å². The molecule has 20 heavy (non-hydrogen) atoms. The highest BCUT2D eigenvalue weighted by Crippen LogP contribution is 2.24. The number of nitriles is 1. The Balaban J connectivity index is 2.16. The summed E-state index contributed by atoms with van der Waals surface area (Å²) >= 11 is 0. The van der Waals surface area contributed by atoms with E-state index >= 15 is 0 Å². The lowest BCUT2D eigenvalue weighted by Crippen LogP contribution is -1.99. The van der Waals surface area contributed by atoms with Crippen LogP contribution in [0.4, 0.5) is 0 Å². The van der Waals surface area contributed by atoms with Crippen LogP contribution in [0.5, 0.6) is 11.5 Å². The first kappa shape index (κ1) is 13.6. The molecular formula is C16H13NO3. The Morgan fingerprint density at radius 1 is 1.20 bits per heavy atom. The van der Waals surface area contributed by atoms with E-state index in [9.17, 15) is 4.79 Å². The van der Waals surface area contributed by atoms with Crippen LogP contribution < -0.4 is 4.74 Å². The van der Waals surface area contributed by atoms with Crippen LogP contribution in [0, 0.1) is 18.3 Å². The van der Waals surface area contributed by atoms with Gasteiger partial charge in [-0.15, -0.1) is 0 Å². The van der Waals surface area contributed by atoms with Gasteiger partial charge in [-0.05, 0) is 48.4 Å². The fourth-order valence-electron chi connectivity index (χ4n) is 1.84. The minimum Gasteiger partial charge on any atom is -0.478 e. The normalized spacial score (nSPS) is 9.80. The van der Waals surface area contributed by atoms with E-state index < -0.39 is 5.97 Å². The maximum Gasteiger partial charge on any atom is 0.335 e. The van der Waals surface area contributed by atoms with Gasteiger partial charge in [-0.25, -0.2) is 4.79 Å². The molecule has 0 fully saturated rings. The van der Waals surface area contributed by atoms with E-state index in [0.29, 0.717) is 23.5 Å². The molecular weight excluding hydrogens is 254 g/mol. The highest BCUT2D eigenvalue weighted by atomic mass is 16.5. The maximum absolute atomic E-state index is 10.9. The first-order valence-electron chi connectivity index (χ1n) is 6.08. The number of benzene rings is 2. The van der Waals surface area contributed by atoms with Crippen molar-refractivity contribution in [3.05, 3.63) is 59.2 Å². The third-order valence-electron chi connectivity index (χ3n) is 2.87. The molecule has 0 aliphatic carbocycles. The highest BCUT2D eigenvalue weighted by Gasteiger charge is 2.08. The van der Waals surface area contributed by atoms with Gasteiger partial charge in [0, 0.05) is 0 Å². The van der Waals surface area contributed by atoms with Gasteiger partial charge >= 0.3 is 5.97 Å². The quantitative estimate of drug-likeness (QED) is 0.919. The average Bonchev–Trinajstić information content (AvgIpc) is 2.41. The third-order valence-corrected chi connectivity index (χ3v) is 2.87. The molecule has 2 aromatic rings. The lowest BCUT2D eigenvalue weighted by atomic mass is 10.1. The van der Waals surface area contributed by atoms with Crippen molar-refractivity contribution in [1.29, 1.82) is 5.26 Å². The SMILES string of the molecule is Cc1cc(Oc2ccc(CC#N)cc2)ccc1C(=O)O. The number of hydrogen-bond acceptors (Lipinski definition) is 3. The van der Waals surface area contributed by atoms with Crippen molar-refractivity contribution in [2.75, 3.05) is 0 Å². The van der Waals surface area contributed by atoms with Crippen LogP contribution in [0.25, 0.3) is 0 Å². The summed E-state index contributed by atoms with van der Waals surface area (Å²) in [5.74, 6) is 0.282. The van der Waals surface area contributed by atoms with Crippen molar-refractivity contribution < 1.29 is 14.6 Å². The van der Waals surface area contributed by atoms with Crippen LogP contribution in [0.3, 0.4) is 0 Å².